The predicted molar refractivity (Wildman–Crippen MR) is 95.3 cm³/mol. The lowest BCUT2D eigenvalue weighted by atomic mass is 10.2. The van der Waals surface area contributed by atoms with Crippen molar-refractivity contribution in [3.05, 3.63) is 48.5 Å². The van der Waals surface area contributed by atoms with Crippen LogP contribution in [-0.2, 0) is 11.3 Å². The van der Waals surface area contributed by atoms with Crippen molar-refractivity contribution >= 4 is 17.6 Å². The first-order chi connectivity index (χ1) is 12.0. The van der Waals surface area contributed by atoms with Gasteiger partial charge in [-0.15, -0.1) is 0 Å². The van der Waals surface area contributed by atoms with Gasteiger partial charge in [0.2, 0.25) is 5.91 Å². The van der Waals surface area contributed by atoms with Gasteiger partial charge in [0.05, 0.1) is 6.33 Å². The number of benzene rings is 1. The van der Waals surface area contributed by atoms with Crippen molar-refractivity contribution in [2.45, 2.75) is 38.9 Å². The third kappa shape index (κ3) is 4.17. The van der Waals surface area contributed by atoms with E-state index in [1.165, 1.54) is 0 Å². The molecular weight excluding hydrogens is 318 g/mol. The Labute approximate surface area is 147 Å². The zero-order valence-electron chi connectivity index (χ0n) is 14.5. The summed E-state index contributed by atoms with van der Waals surface area (Å²) in [6.45, 7) is 5.16. The molecule has 1 aliphatic heterocycles. The number of nitrogens with zero attached hydrogens (tertiary/aromatic N) is 3. The summed E-state index contributed by atoms with van der Waals surface area (Å²) in [7, 11) is 0. The lowest BCUT2D eigenvalue weighted by Crippen LogP contribution is -2.49. The van der Waals surface area contributed by atoms with E-state index in [0.29, 0.717) is 19.5 Å². The Morgan fingerprint density at radius 3 is 2.80 bits per heavy atom. The highest BCUT2D eigenvalue weighted by molar-refractivity contribution is 6.01. The van der Waals surface area contributed by atoms with E-state index in [9.17, 15) is 9.59 Å². The highest BCUT2D eigenvalue weighted by Crippen LogP contribution is 2.21. The van der Waals surface area contributed by atoms with Crippen LogP contribution in [-0.4, -0.2) is 40.1 Å². The van der Waals surface area contributed by atoms with Crippen LogP contribution in [0.2, 0.25) is 0 Å². The fourth-order valence-electron chi connectivity index (χ4n) is 2.98. The van der Waals surface area contributed by atoms with Gasteiger partial charge in [-0.05, 0) is 32.4 Å². The number of carbonyl (C=O) groups is 2. The molecule has 2 atom stereocenters. The molecule has 1 aliphatic rings. The molecule has 0 saturated carbocycles. The molecule has 25 heavy (non-hydrogen) atoms. The van der Waals surface area contributed by atoms with Crippen molar-refractivity contribution in [1.82, 2.24) is 20.2 Å². The second kappa shape index (κ2) is 7.38. The molecule has 1 aromatic carbocycles. The van der Waals surface area contributed by atoms with Gasteiger partial charge in [-0.25, -0.2) is 9.78 Å². The Morgan fingerprint density at radius 1 is 1.36 bits per heavy atom. The maximum atomic E-state index is 12.5. The molecule has 1 fully saturated rings. The normalized spacial score (nSPS) is 18.2. The first-order valence-corrected chi connectivity index (χ1v) is 8.44. The van der Waals surface area contributed by atoms with E-state index in [2.05, 4.69) is 15.6 Å². The van der Waals surface area contributed by atoms with Gasteiger partial charge in [-0.1, -0.05) is 17.7 Å². The average molecular weight is 341 g/mol. The Hall–Kier alpha value is -2.83. The third-order valence-corrected chi connectivity index (χ3v) is 4.28. The molecule has 1 aromatic heterocycles. The molecule has 0 unspecified atom stereocenters. The molecule has 3 rings (SSSR count). The molecule has 1 saturated heterocycles. The number of aromatic nitrogens is 2. The molecule has 0 spiro atoms. The molecule has 3 amide bonds. The number of imidazole rings is 1. The minimum absolute atomic E-state index is 0.0683. The van der Waals surface area contributed by atoms with Crippen LogP contribution in [0.25, 0.3) is 0 Å². The fourth-order valence-corrected chi connectivity index (χ4v) is 2.98. The lowest BCUT2D eigenvalue weighted by molar-refractivity contribution is -0.118. The summed E-state index contributed by atoms with van der Waals surface area (Å²) in [6, 6.07) is 6.95. The number of rotatable bonds is 5. The van der Waals surface area contributed by atoms with Crippen molar-refractivity contribution in [3.8, 4) is 0 Å². The topological polar surface area (TPSA) is 79.3 Å². The smallest absolute Gasteiger partial charge is 0.315 e. The Balaban J connectivity index is 1.52. The number of carbonyl (C=O) groups excluding carboxylic acids is 2. The number of aryl methyl sites for hydroxylation is 1. The molecule has 0 aliphatic carbocycles. The monoisotopic (exact) mass is 341 g/mol. The third-order valence-electron chi connectivity index (χ3n) is 4.28. The van der Waals surface area contributed by atoms with Gasteiger partial charge in [-0.2, -0.15) is 0 Å². The van der Waals surface area contributed by atoms with E-state index in [1.54, 1.807) is 17.4 Å². The van der Waals surface area contributed by atoms with Gasteiger partial charge in [0, 0.05) is 37.2 Å². The first-order valence-electron chi connectivity index (χ1n) is 8.44. The number of nitrogens with one attached hydrogen (secondary N) is 2. The summed E-state index contributed by atoms with van der Waals surface area (Å²) in [6.07, 6.45) is 5.85. The number of hydrogen-bond donors (Lipinski definition) is 2. The van der Waals surface area contributed by atoms with Crippen LogP contribution in [0.3, 0.4) is 0 Å². The number of hydrogen-bond acceptors (Lipinski definition) is 3. The molecule has 2 aromatic rings. The maximum Gasteiger partial charge on any atom is 0.315 e. The van der Waals surface area contributed by atoms with Crippen molar-refractivity contribution in [2.75, 3.05) is 11.4 Å². The van der Waals surface area contributed by atoms with Gasteiger partial charge in [-0.3, -0.25) is 4.79 Å². The summed E-state index contributed by atoms with van der Waals surface area (Å²) >= 11 is 0. The van der Waals surface area contributed by atoms with E-state index in [-0.39, 0.29) is 18.0 Å². The maximum absolute atomic E-state index is 12.5. The average Bonchev–Trinajstić information content (AvgIpc) is 3.19. The van der Waals surface area contributed by atoms with Gasteiger partial charge in [0.25, 0.3) is 0 Å². The molecular formula is C18H23N5O2. The summed E-state index contributed by atoms with van der Waals surface area (Å²) in [5, 5.41) is 5.64. The van der Waals surface area contributed by atoms with Crippen LogP contribution in [0.1, 0.15) is 18.9 Å². The lowest BCUT2D eigenvalue weighted by Gasteiger charge is -2.19. The second-order valence-electron chi connectivity index (χ2n) is 6.45. The van der Waals surface area contributed by atoms with E-state index in [1.807, 2.05) is 48.9 Å². The zero-order valence-corrected chi connectivity index (χ0v) is 14.5. The van der Waals surface area contributed by atoms with Gasteiger partial charge >= 0.3 is 6.03 Å². The molecule has 2 heterocycles. The molecule has 2 N–H and O–H groups in total. The van der Waals surface area contributed by atoms with E-state index < -0.39 is 6.04 Å². The standard InChI is InChI=1S/C18H23N5O2/c1-13-3-5-15(6-4-13)23-9-7-16(17(23)24)21-18(25)20-14(2)11-22-10-8-19-12-22/h3-6,8,10,12,14,16H,7,9,11H2,1-2H3,(H2,20,21,25)/t14-,16-/m1/s1. The van der Waals surface area contributed by atoms with Crippen LogP contribution < -0.4 is 15.5 Å². The Kier molecular flexibility index (Phi) is 5.02. The quantitative estimate of drug-likeness (QED) is 0.868. The largest absolute Gasteiger partial charge is 0.335 e. The van der Waals surface area contributed by atoms with Crippen LogP contribution in [0, 0.1) is 6.92 Å². The van der Waals surface area contributed by atoms with Gasteiger partial charge < -0.3 is 20.1 Å². The zero-order chi connectivity index (χ0) is 17.8. The van der Waals surface area contributed by atoms with Gasteiger partial charge in [0.1, 0.15) is 6.04 Å². The number of anilines is 1. The van der Waals surface area contributed by atoms with Crippen LogP contribution in [0.15, 0.2) is 43.0 Å². The SMILES string of the molecule is Cc1ccc(N2CC[C@@H](NC(=O)N[C@H](C)Cn3ccnc3)C2=O)cc1. The molecule has 0 radical (unpaired) electrons. The second-order valence-corrected chi connectivity index (χ2v) is 6.45. The molecule has 132 valence electrons. The summed E-state index contributed by atoms with van der Waals surface area (Å²) < 4.78 is 1.89. The summed E-state index contributed by atoms with van der Waals surface area (Å²) in [5.74, 6) is -0.0683. The number of urea groups is 1. The highest BCUT2D eigenvalue weighted by Gasteiger charge is 2.33. The predicted octanol–water partition coefficient (Wildman–Crippen LogP) is 1.68. The first kappa shape index (κ1) is 17.0. The van der Waals surface area contributed by atoms with E-state index >= 15 is 0 Å². The van der Waals surface area contributed by atoms with Crippen molar-refractivity contribution in [2.24, 2.45) is 0 Å². The number of amides is 3. The van der Waals surface area contributed by atoms with Crippen molar-refractivity contribution < 1.29 is 9.59 Å². The van der Waals surface area contributed by atoms with Crippen molar-refractivity contribution in [3.63, 3.8) is 0 Å². The molecule has 7 heteroatoms. The van der Waals surface area contributed by atoms with Crippen LogP contribution in [0.5, 0.6) is 0 Å². The Bertz CT molecular complexity index is 726. The fraction of sp³-hybridized carbons (Fsp3) is 0.389. The van der Waals surface area contributed by atoms with Crippen molar-refractivity contribution in [1.29, 1.82) is 0 Å². The molecule has 0 bridgehead atoms. The van der Waals surface area contributed by atoms with Crippen LogP contribution >= 0.6 is 0 Å². The minimum atomic E-state index is -0.484. The summed E-state index contributed by atoms with van der Waals surface area (Å²) in [4.78, 5) is 30.4. The minimum Gasteiger partial charge on any atom is -0.335 e. The van der Waals surface area contributed by atoms with Gasteiger partial charge in [0.15, 0.2) is 0 Å². The highest BCUT2D eigenvalue weighted by atomic mass is 16.2. The van der Waals surface area contributed by atoms with E-state index in [0.717, 1.165) is 11.3 Å². The van der Waals surface area contributed by atoms with E-state index in [4.69, 9.17) is 0 Å². The van der Waals surface area contributed by atoms with Crippen LogP contribution in [0.4, 0.5) is 10.5 Å². The molecule has 7 nitrogen and oxygen atoms in total. The Morgan fingerprint density at radius 2 is 2.12 bits per heavy atom. The summed E-state index contributed by atoms with van der Waals surface area (Å²) in [5.41, 5.74) is 2.02.